The monoisotopic (exact) mass is 224 g/mol. The molecule has 17 heavy (non-hydrogen) atoms. The first kappa shape index (κ1) is 11.1. The van der Waals surface area contributed by atoms with E-state index < -0.39 is 0 Å². The number of hydrogen-bond donors (Lipinski definition) is 1. The number of hydrogen-bond acceptors (Lipinski definition) is 4. The van der Waals surface area contributed by atoms with Gasteiger partial charge in [0.2, 0.25) is 5.95 Å². The van der Waals surface area contributed by atoms with Crippen LogP contribution < -0.4 is 5.32 Å². The second-order valence-electron chi connectivity index (χ2n) is 3.58. The maximum atomic E-state index is 8.42. The first-order chi connectivity index (χ1) is 8.33. The Labute approximate surface area is 100.0 Å². The molecule has 2 aromatic rings. The van der Waals surface area contributed by atoms with Crippen molar-refractivity contribution in [3.63, 3.8) is 0 Å². The van der Waals surface area contributed by atoms with Gasteiger partial charge in [-0.2, -0.15) is 5.26 Å². The number of aromatic nitrogens is 2. The summed E-state index contributed by atoms with van der Waals surface area (Å²) in [5.41, 5.74) is 3.32. The lowest BCUT2D eigenvalue weighted by atomic mass is 10.1. The molecule has 0 fully saturated rings. The van der Waals surface area contributed by atoms with Gasteiger partial charge in [0.1, 0.15) is 0 Å². The molecule has 0 radical (unpaired) electrons. The Morgan fingerprint density at radius 3 is 2.29 bits per heavy atom. The molecule has 0 aliphatic carbocycles. The molecule has 0 bridgehead atoms. The van der Waals surface area contributed by atoms with Gasteiger partial charge in [0.15, 0.2) is 6.19 Å². The maximum absolute atomic E-state index is 8.42. The predicted octanol–water partition coefficient (Wildman–Crippen LogP) is 2.60. The van der Waals surface area contributed by atoms with Crippen molar-refractivity contribution in [2.24, 2.45) is 0 Å². The molecule has 1 N–H and O–H groups in total. The quantitative estimate of drug-likeness (QED) is 0.643. The lowest BCUT2D eigenvalue weighted by molar-refractivity contribution is 1.14. The van der Waals surface area contributed by atoms with Gasteiger partial charge in [-0.1, -0.05) is 31.2 Å². The topological polar surface area (TPSA) is 61.6 Å². The van der Waals surface area contributed by atoms with Crippen molar-refractivity contribution < 1.29 is 0 Å². The Morgan fingerprint density at radius 1 is 1.12 bits per heavy atom. The van der Waals surface area contributed by atoms with Crippen LogP contribution in [0.25, 0.3) is 11.1 Å². The van der Waals surface area contributed by atoms with E-state index in [1.165, 1.54) is 5.56 Å². The zero-order valence-electron chi connectivity index (χ0n) is 9.51. The summed E-state index contributed by atoms with van der Waals surface area (Å²) < 4.78 is 0. The molecular formula is C13H12N4. The van der Waals surface area contributed by atoms with Crippen LogP contribution in [0.3, 0.4) is 0 Å². The van der Waals surface area contributed by atoms with Crippen LogP contribution in [0.15, 0.2) is 36.7 Å². The number of anilines is 1. The largest absolute Gasteiger partial charge is 0.261 e. The highest BCUT2D eigenvalue weighted by Gasteiger charge is 2.00. The third-order valence-corrected chi connectivity index (χ3v) is 2.52. The van der Waals surface area contributed by atoms with E-state index in [0.717, 1.165) is 17.5 Å². The van der Waals surface area contributed by atoms with Gasteiger partial charge in [0, 0.05) is 18.0 Å². The Kier molecular flexibility index (Phi) is 3.31. The van der Waals surface area contributed by atoms with Crippen molar-refractivity contribution in [3.05, 3.63) is 42.2 Å². The minimum absolute atomic E-state index is 0.321. The molecule has 0 spiro atoms. The Hall–Kier alpha value is -2.41. The van der Waals surface area contributed by atoms with Crippen LogP contribution in [0.4, 0.5) is 5.95 Å². The van der Waals surface area contributed by atoms with Crippen LogP contribution in [0.2, 0.25) is 0 Å². The second-order valence-corrected chi connectivity index (χ2v) is 3.58. The zero-order valence-corrected chi connectivity index (χ0v) is 9.51. The van der Waals surface area contributed by atoms with E-state index in [0.29, 0.717) is 5.95 Å². The smallest absolute Gasteiger partial charge is 0.236 e. The highest BCUT2D eigenvalue weighted by atomic mass is 15.1. The van der Waals surface area contributed by atoms with Crippen molar-refractivity contribution in [3.8, 4) is 17.3 Å². The number of nitriles is 1. The highest BCUT2D eigenvalue weighted by Crippen LogP contribution is 2.18. The van der Waals surface area contributed by atoms with E-state index in [9.17, 15) is 0 Å². The van der Waals surface area contributed by atoms with Crippen molar-refractivity contribution in [2.45, 2.75) is 13.3 Å². The fourth-order valence-corrected chi connectivity index (χ4v) is 1.52. The van der Waals surface area contributed by atoms with Gasteiger partial charge in [0.25, 0.3) is 0 Å². The SMILES string of the molecule is CCc1ccc(-c2cnc(NC#N)nc2)cc1. The molecule has 1 aromatic carbocycles. The van der Waals surface area contributed by atoms with Crippen LogP contribution in [0.1, 0.15) is 12.5 Å². The predicted molar refractivity (Wildman–Crippen MR) is 66.1 cm³/mol. The molecule has 2 rings (SSSR count). The third kappa shape index (κ3) is 2.58. The van der Waals surface area contributed by atoms with Crippen molar-refractivity contribution >= 4 is 5.95 Å². The fraction of sp³-hybridized carbons (Fsp3) is 0.154. The van der Waals surface area contributed by atoms with Crippen LogP contribution in [-0.4, -0.2) is 9.97 Å². The van der Waals surface area contributed by atoms with Gasteiger partial charge >= 0.3 is 0 Å². The summed E-state index contributed by atoms with van der Waals surface area (Å²) in [5, 5.41) is 10.8. The van der Waals surface area contributed by atoms with E-state index in [2.05, 4.69) is 46.5 Å². The van der Waals surface area contributed by atoms with Gasteiger partial charge in [0.05, 0.1) is 0 Å². The number of benzene rings is 1. The van der Waals surface area contributed by atoms with Crippen LogP contribution in [0.5, 0.6) is 0 Å². The van der Waals surface area contributed by atoms with E-state index in [4.69, 9.17) is 5.26 Å². The highest BCUT2D eigenvalue weighted by molar-refractivity contribution is 5.62. The van der Waals surface area contributed by atoms with Gasteiger partial charge in [-0.25, -0.2) is 9.97 Å². The Morgan fingerprint density at radius 2 is 1.76 bits per heavy atom. The molecule has 0 unspecified atom stereocenters. The molecule has 1 aromatic heterocycles. The molecule has 0 atom stereocenters. The fourth-order valence-electron chi connectivity index (χ4n) is 1.52. The van der Waals surface area contributed by atoms with Crippen LogP contribution in [0, 0.1) is 11.5 Å². The van der Waals surface area contributed by atoms with E-state index in [-0.39, 0.29) is 0 Å². The van der Waals surface area contributed by atoms with Crippen molar-refractivity contribution in [1.82, 2.24) is 9.97 Å². The molecule has 0 saturated heterocycles. The second kappa shape index (κ2) is 5.08. The molecule has 0 saturated carbocycles. The van der Waals surface area contributed by atoms with Gasteiger partial charge < -0.3 is 0 Å². The maximum Gasteiger partial charge on any atom is 0.236 e. The number of nitrogens with zero attached hydrogens (tertiary/aromatic N) is 3. The molecule has 84 valence electrons. The lowest BCUT2D eigenvalue weighted by Gasteiger charge is -2.03. The minimum atomic E-state index is 0.321. The summed E-state index contributed by atoms with van der Waals surface area (Å²) >= 11 is 0. The van der Waals surface area contributed by atoms with Crippen molar-refractivity contribution in [1.29, 1.82) is 5.26 Å². The molecule has 0 aliphatic heterocycles. The summed E-state index contributed by atoms with van der Waals surface area (Å²) in [7, 11) is 0. The Balaban J connectivity index is 2.24. The third-order valence-electron chi connectivity index (χ3n) is 2.52. The molecule has 4 nitrogen and oxygen atoms in total. The standard InChI is InChI=1S/C13H12N4/c1-2-10-3-5-11(6-4-10)12-7-15-13(16-8-12)17-9-14/h3-8H,2H2,1H3,(H,15,16,17). The number of rotatable bonds is 3. The normalized spacial score (nSPS) is 9.65. The van der Waals surface area contributed by atoms with Gasteiger partial charge in [-0.05, 0) is 17.5 Å². The summed E-state index contributed by atoms with van der Waals surface area (Å²) in [6.45, 7) is 2.13. The van der Waals surface area contributed by atoms with E-state index in [1.54, 1.807) is 18.6 Å². The molecule has 0 aliphatic rings. The molecule has 4 heteroatoms. The summed E-state index contributed by atoms with van der Waals surface area (Å²) in [5.74, 6) is 0.321. The van der Waals surface area contributed by atoms with E-state index >= 15 is 0 Å². The number of aryl methyl sites for hydroxylation is 1. The average Bonchev–Trinajstić information content (AvgIpc) is 2.40. The zero-order chi connectivity index (χ0) is 12.1. The molecule has 1 heterocycles. The lowest BCUT2D eigenvalue weighted by Crippen LogP contribution is -1.94. The summed E-state index contributed by atoms with van der Waals surface area (Å²) in [6, 6.07) is 8.29. The summed E-state index contributed by atoms with van der Waals surface area (Å²) in [6.07, 6.45) is 6.22. The van der Waals surface area contributed by atoms with E-state index in [1.807, 2.05) is 0 Å². The van der Waals surface area contributed by atoms with Gasteiger partial charge in [-0.15, -0.1) is 0 Å². The molecular weight excluding hydrogens is 212 g/mol. The Bertz CT molecular complexity index is 523. The van der Waals surface area contributed by atoms with Crippen LogP contribution in [-0.2, 0) is 6.42 Å². The molecule has 0 amide bonds. The van der Waals surface area contributed by atoms with Gasteiger partial charge in [-0.3, -0.25) is 5.32 Å². The average molecular weight is 224 g/mol. The van der Waals surface area contributed by atoms with Crippen LogP contribution >= 0.6 is 0 Å². The minimum Gasteiger partial charge on any atom is -0.261 e. The number of nitrogens with one attached hydrogen (secondary N) is 1. The first-order valence-corrected chi connectivity index (χ1v) is 5.40. The first-order valence-electron chi connectivity index (χ1n) is 5.40. The summed E-state index contributed by atoms with van der Waals surface area (Å²) in [4.78, 5) is 8.09. The van der Waals surface area contributed by atoms with Crippen molar-refractivity contribution in [2.75, 3.05) is 5.32 Å².